The Morgan fingerprint density at radius 2 is 1.64 bits per heavy atom. The average molecular weight is 209 g/mol. The molecule has 0 aliphatic rings. The van der Waals surface area contributed by atoms with Crippen LogP contribution in [0.4, 0.5) is 5.69 Å². The van der Waals surface area contributed by atoms with Gasteiger partial charge in [-0.15, -0.1) is 0 Å². The minimum atomic E-state index is 0.892. The molecule has 0 atom stereocenters. The third-order valence-electron chi connectivity index (χ3n) is 2.66. The van der Waals surface area contributed by atoms with E-state index < -0.39 is 0 Å². The molecule has 0 fully saturated rings. The molecule has 14 heavy (non-hydrogen) atoms. The molecule has 0 amide bonds. The second-order valence-corrected chi connectivity index (χ2v) is 4.32. The standard InChI is InChI=1S/C12H19NS/c1-9-7-11(3)12(8-10(9)2)13(4)5-6-14/h7-8,14H,5-6H2,1-4H3. The number of thiol groups is 1. The van der Waals surface area contributed by atoms with Crippen LogP contribution in [-0.2, 0) is 0 Å². The third kappa shape index (κ3) is 2.44. The number of nitrogens with zero attached hydrogens (tertiary/aromatic N) is 1. The molecular formula is C12H19NS. The monoisotopic (exact) mass is 209 g/mol. The number of hydrogen-bond donors (Lipinski definition) is 1. The first-order valence-corrected chi connectivity index (χ1v) is 5.59. The van der Waals surface area contributed by atoms with E-state index in [1.54, 1.807) is 0 Å². The highest BCUT2D eigenvalue weighted by molar-refractivity contribution is 7.80. The predicted octanol–water partition coefficient (Wildman–Crippen LogP) is 2.98. The van der Waals surface area contributed by atoms with Crippen LogP contribution in [0.5, 0.6) is 0 Å². The van der Waals surface area contributed by atoms with Crippen LogP contribution in [-0.4, -0.2) is 19.3 Å². The van der Waals surface area contributed by atoms with Gasteiger partial charge in [-0.25, -0.2) is 0 Å². The lowest BCUT2D eigenvalue weighted by Gasteiger charge is -2.21. The van der Waals surface area contributed by atoms with Crippen molar-refractivity contribution in [1.29, 1.82) is 0 Å². The summed E-state index contributed by atoms with van der Waals surface area (Å²) < 4.78 is 0. The van der Waals surface area contributed by atoms with Gasteiger partial charge in [0.2, 0.25) is 0 Å². The van der Waals surface area contributed by atoms with Gasteiger partial charge < -0.3 is 4.90 Å². The van der Waals surface area contributed by atoms with E-state index in [4.69, 9.17) is 0 Å². The minimum absolute atomic E-state index is 0.892. The Labute approximate surface area is 92.5 Å². The Balaban J connectivity index is 3.02. The largest absolute Gasteiger partial charge is 0.374 e. The maximum Gasteiger partial charge on any atom is 0.0396 e. The summed E-state index contributed by atoms with van der Waals surface area (Å²) >= 11 is 4.25. The van der Waals surface area contributed by atoms with Gasteiger partial charge in [-0.3, -0.25) is 0 Å². The Morgan fingerprint density at radius 1 is 1.07 bits per heavy atom. The fourth-order valence-electron chi connectivity index (χ4n) is 1.63. The van der Waals surface area contributed by atoms with Crippen molar-refractivity contribution < 1.29 is 0 Å². The van der Waals surface area contributed by atoms with E-state index in [-0.39, 0.29) is 0 Å². The maximum atomic E-state index is 4.25. The molecule has 78 valence electrons. The first-order valence-electron chi connectivity index (χ1n) is 4.96. The van der Waals surface area contributed by atoms with Gasteiger partial charge in [0.05, 0.1) is 0 Å². The van der Waals surface area contributed by atoms with Gasteiger partial charge in [-0.05, 0) is 43.5 Å². The van der Waals surface area contributed by atoms with Gasteiger partial charge in [0.1, 0.15) is 0 Å². The van der Waals surface area contributed by atoms with Crippen molar-refractivity contribution >= 4 is 18.3 Å². The van der Waals surface area contributed by atoms with E-state index >= 15 is 0 Å². The van der Waals surface area contributed by atoms with Gasteiger partial charge in [0.25, 0.3) is 0 Å². The van der Waals surface area contributed by atoms with E-state index in [1.165, 1.54) is 22.4 Å². The van der Waals surface area contributed by atoms with Crippen LogP contribution in [0, 0.1) is 20.8 Å². The fraction of sp³-hybridized carbons (Fsp3) is 0.500. The van der Waals surface area contributed by atoms with Crippen molar-refractivity contribution in [3.05, 3.63) is 28.8 Å². The molecule has 2 heteroatoms. The molecule has 1 rings (SSSR count). The summed E-state index contributed by atoms with van der Waals surface area (Å²) in [5.41, 5.74) is 5.39. The van der Waals surface area contributed by atoms with Gasteiger partial charge in [0, 0.05) is 25.0 Å². The molecule has 0 bridgehead atoms. The van der Waals surface area contributed by atoms with Crippen molar-refractivity contribution in [2.75, 3.05) is 24.2 Å². The van der Waals surface area contributed by atoms with Gasteiger partial charge >= 0.3 is 0 Å². The van der Waals surface area contributed by atoms with E-state index in [9.17, 15) is 0 Å². The molecule has 0 spiro atoms. The number of rotatable bonds is 3. The van der Waals surface area contributed by atoms with E-state index in [1.807, 2.05) is 0 Å². The zero-order valence-corrected chi connectivity index (χ0v) is 10.4. The van der Waals surface area contributed by atoms with Gasteiger partial charge in [-0.1, -0.05) is 6.07 Å². The number of aryl methyl sites for hydroxylation is 3. The van der Waals surface area contributed by atoms with E-state index in [0.29, 0.717) is 0 Å². The van der Waals surface area contributed by atoms with Crippen LogP contribution in [0.1, 0.15) is 16.7 Å². The Bertz CT molecular complexity index is 320. The fourth-order valence-corrected chi connectivity index (χ4v) is 1.93. The summed E-state index contributed by atoms with van der Waals surface area (Å²) in [5.74, 6) is 0.892. The summed E-state index contributed by atoms with van der Waals surface area (Å²) in [6, 6.07) is 4.51. The van der Waals surface area contributed by atoms with Crippen molar-refractivity contribution in [2.24, 2.45) is 0 Å². The topological polar surface area (TPSA) is 3.24 Å². The zero-order chi connectivity index (χ0) is 10.7. The average Bonchev–Trinajstić information content (AvgIpc) is 2.11. The minimum Gasteiger partial charge on any atom is -0.374 e. The van der Waals surface area contributed by atoms with E-state index in [0.717, 1.165) is 12.3 Å². The number of anilines is 1. The quantitative estimate of drug-likeness (QED) is 0.749. The lowest BCUT2D eigenvalue weighted by Crippen LogP contribution is -2.20. The predicted molar refractivity (Wildman–Crippen MR) is 67.8 cm³/mol. The molecule has 0 aliphatic carbocycles. The summed E-state index contributed by atoms with van der Waals surface area (Å²) in [6.07, 6.45) is 0. The Hall–Kier alpha value is -0.630. The zero-order valence-electron chi connectivity index (χ0n) is 9.46. The number of benzene rings is 1. The van der Waals surface area contributed by atoms with Crippen molar-refractivity contribution in [2.45, 2.75) is 20.8 Å². The number of hydrogen-bond acceptors (Lipinski definition) is 2. The van der Waals surface area contributed by atoms with Gasteiger partial charge in [-0.2, -0.15) is 12.6 Å². The van der Waals surface area contributed by atoms with Crippen LogP contribution in [0.25, 0.3) is 0 Å². The molecule has 1 aromatic carbocycles. The molecule has 0 aliphatic heterocycles. The van der Waals surface area contributed by atoms with E-state index in [2.05, 4.69) is 57.5 Å². The smallest absolute Gasteiger partial charge is 0.0396 e. The molecule has 0 unspecified atom stereocenters. The summed E-state index contributed by atoms with van der Waals surface area (Å²) in [5, 5.41) is 0. The molecule has 1 nitrogen and oxygen atoms in total. The normalized spacial score (nSPS) is 10.4. The molecule has 1 aromatic rings. The highest BCUT2D eigenvalue weighted by Gasteiger charge is 2.05. The van der Waals surface area contributed by atoms with Crippen molar-refractivity contribution in [3.8, 4) is 0 Å². The maximum absolute atomic E-state index is 4.25. The molecule has 0 heterocycles. The molecular weight excluding hydrogens is 190 g/mol. The lowest BCUT2D eigenvalue weighted by atomic mass is 10.0. The van der Waals surface area contributed by atoms with Crippen molar-refractivity contribution in [1.82, 2.24) is 0 Å². The third-order valence-corrected chi connectivity index (χ3v) is 2.86. The first-order chi connectivity index (χ1) is 6.56. The highest BCUT2D eigenvalue weighted by atomic mass is 32.1. The summed E-state index contributed by atoms with van der Waals surface area (Å²) in [6.45, 7) is 7.47. The first kappa shape index (κ1) is 11.4. The lowest BCUT2D eigenvalue weighted by molar-refractivity contribution is 0.969. The molecule has 0 saturated carbocycles. The Kier molecular flexibility index (Phi) is 3.87. The summed E-state index contributed by atoms with van der Waals surface area (Å²) in [7, 11) is 2.12. The second-order valence-electron chi connectivity index (χ2n) is 3.87. The van der Waals surface area contributed by atoms with Gasteiger partial charge in [0.15, 0.2) is 0 Å². The molecule has 0 radical (unpaired) electrons. The summed E-state index contributed by atoms with van der Waals surface area (Å²) in [4.78, 5) is 2.26. The van der Waals surface area contributed by atoms with Crippen LogP contribution in [0.2, 0.25) is 0 Å². The molecule has 0 N–H and O–H groups in total. The Morgan fingerprint density at radius 3 is 2.21 bits per heavy atom. The highest BCUT2D eigenvalue weighted by Crippen LogP contribution is 2.22. The molecule has 0 aromatic heterocycles. The van der Waals surface area contributed by atoms with Crippen LogP contribution in [0.15, 0.2) is 12.1 Å². The SMILES string of the molecule is Cc1cc(C)c(N(C)CCS)cc1C. The molecule has 0 saturated heterocycles. The van der Waals surface area contributed by atoms with Crippen molar-refractivity contribution in [3.63, 3.8) is 0 Å². The van der Waals surface area contributed by atoms with Crippen LogP contribution < -0.4 is 4.90 Å². The van der Waals surface area contributed by atoms with Crippen LogP contribution >= 0.6 is 12.6 Å². The van der Waals surface area contributed by atoms with Crippen LogP contribution in [0.3, 0.4) is 0 Å². The second kappa shape index (κ2) is 4.74.